The molecular weight excluding hydrogens is 302 g/mol. The lowest BCUT2D eigenvalue weighted by Gasteiger charge is -2.30. The lowest BCUT2D eigenvalue weighted by Crippen LogP contribution is -2.43. The van der Waals surface area contributed by atoms with Gasteiger partial charge in [0.15, 0.2) is 0 Å². The fourth-order valence-electron chi connectivity index (χ4n) is 2.36. The summed E-state index contributed by atoms with van der Waals surface area (Å²) in [6.07, 6.45) is 0.336. The quantitative estimate of drug-likeness (QED) is 0.804. The Hall–Kier alpha value is -1.61. The topological polar surface area (TPSA) is 56.6 Å². The summed E-state index contributed by atoms with van der Waals surface area (Å²) in [5.74, 6) is -0.0554. The minimum atomic E-state index is -0.0554. The van der Waals surface area contributed by atoms with Crippen molar-refractivity contribution in [3.05, 3.63) is 34.9 Å². The average Bonchev–Trinajstić information content (AvgIpc) is 2.56. The molecule has 1 saturated heterocycles. The molecule has 0 unspecified atom stereocenters. The zero-order chi connectivity index (χ0) is 15.8. The number of hydrogen-bond donors (Lipinski definition) is 0. The van der Waals surface area contributed by atoms with Crippen LogP contribution < -0.4 is 0 Å². The average molecular weight is 322 g/mol. The van der Waals surface area contributed by atoms with E-state index in [9.17, 15) is 4.79 Å². The van der Waals surface area contributed by atoms with Crippen LogP contribution >= 0.6 is 11.6 Å². The first-order valence-corrected chi connectivity index (χ1v) is 7.80. The molecule has 1 heterocycles. The van der Waals surface area contributed by atoms with Crippen molar-refractivity contribution in [2.45, 2.75) is 6.42 Å². The number of amides is 1. The zero-order valence-corrected chi connectivity index (χ0v) is 13.3. The fourth-order valence-corrected chi connectivity index (χ4v) is 2.49. The van der Waals surface area contributed by atoms with Gasteiger partial charge in [0.2, 0.25) is 0 Å². The number of hydrogen-bond acceptors (Lipinski definition) is 4. The maximum absolute atomic E-state index is 12.6. The lowest BCUT2D eigenvalue weighted by atomic mass is 10.2. The van der Waals surface area contributed by atoms with Gasteiger partial charge >= 0.3 is 0 Å². The second-order valence-corrected chi connectivity index (χ2v) is 5.60. The van der Waals surface area contributed by atoms with Gasteiger partial charge < -0.3 is 9.64 Å². The molecule has 1 aromatic rings. The molecule has 0 aromatic heterocycles. The van der Waals surface area contributed by atoms with Gasteiger partial charge in [-0.25, -0.2) is 0 Å². The summed E-state index contributed by atoms with van der Waals surface area (Å²) in [5, 5.41) is 9.39. The van der Waals surface area contributed by atoms with Crippen LogP contribution in [0.5, 0.6) is 0 Å². The molecule has 22 heavy (non-hydrogen) atoms. The summed E-state index contributed by atoms with van der Waals surface area (Å²) in [7, 11) is 0. The third kappa shape index (κ3) is 4.99. The third-order valence-electron chi connectivity index (χ3n) is 3.66. The van der Waals surface area contributed by atoms with Gasteiger partial charge in [-0.15, -0.1) is 0 Å². The largest absolute Gasteiger partial charge is 0.379 e. The highest BCUT2D eigenvalue weighted by Gasteiger charge is 2.17. The van der Waals surface area contributed by atoms with E-state index in [1.54, 1.807) is 29.2 Å². The molecule has 0 aliphatic carbocycles. The van der Waals surface area contributed by atoms with Crippen LogP contribution in [0.1, 0.15) is 16.8 Å². The van der Waals surface area contributed by atoms with Crippen LogP contribution in [0.2, 0.25) is 5.02 Å². The molecule has 0 bridgehead atoms. The van der Waals surface area contributed by atoms with E-state index >= 15 is 0 Å². The van der Waals surface area contributed by atoms with E-state index in [2.05, 4.69) is 11.0 Å². The number of ether oxygens (including phenoxy) is 1. The summed E-state index contributed by atoms with van der Waals surface area (Å²) >= 11 is 5.86. The maximum atomic E-state index is 12.6. The summed E-state index contributed by atoms with van der Waals surface area (Å²) in [4.78, 5) is 16.6. The number of nitrogens with zero attached hydrogens (tertiary/aromatic N) is 3. The fraction of sp³-hybridized carbons (Fsp3) is 0.500. The number of nitriles is 1. The Bertz CT molecular complexity index is 521. The van der Waals surface area contributed by atoms with Gasteiger partial charge in [-0.3, -0.25) is 9.69 Å². The molecule has 0 N–H and O–H groups in total. The van der Waals surface area contributed by atoms with Crippen LogP contribution in [0.25, 0.3) is 0 Å². The number of carbonyl (C=O) groups excluding carboxylic acids is 1. The molecular formula is C16H20ClN3O2. The minimum absolute atomic E-state index is 0.0554. The predicted octanol–water partition coefficient (Wildman–Crippen LogP) is 2.03. The molecule has 5 nitrogen and oxygen atoms in total. The summed E-state index contributed by atoms with van der Waals surface area (Å²) in [6, 6.07) is 8.96. The number of carbonyl (C=O) groups is 1. The highest BCUT2D eigenvalue weighted by atomic mass is 35.5. The highest BCUT2D eigenvalue weighted by molar-refractivity contribution is 6.30. The first-order valence-electron chi connectivity index (χ1n) is 7.42. The molecule has 0 spiro atoms. The standard InChI is InChI=1S/C16H20ClN3O2/c17-15-4-2-14(3-5-15)16(21)20(7-1-6-18)9-8-19-10-12-22-13-11-19/h2-5H,1,7-13H2. The minimum Gasteiger partial charge on any atom is -0.379 e. The molecule has 1 aromatic carbocycles. The predicted molar refractivity (Wildman–Crippen MR) is 84.8 cm³/mol. The maximum Gasteiger partial charge on any atom is 0.253 e. The summed E-state index contributed by atoms with van der Waals surface area (Å²) < 4.78 is 5.32. The Labute approximate surface area is 136 Å². The van der Waals surface area contributed by atoms with Crippen LogP contribution in [0, 0.1) is 11.3 Å². The zero-order valence-electron chi connectivity index (χ0n) is 12.5. The normalized spacial score (nSPS) is 15.3. The van der Waals surface area contributed by atoms with Gasteiger partial charge in [0, 0.05) is 43.3 Å². The number of morpholine rings is 1. The molecule has 1 amide bonds. The van der Waals surface area contributed by atoms with Crippen molar-refractivity contribution in [3.8, 4) is 6.07 Å². The van der Waals surface area contributed by atoms with Crippen LogP contribution in [-0.2, 0) is 4.74 Å². The van der Waals surface area contributed by atoms with Crippen molar-refractivity contribution in [3.63, 3.8) is 0 Å². The van der Waals surface area contributed by atoms with Crippen molar-refractivity contribution >= 4 is 17.5 Å². The van der Waals surface area contributed by atoms with Gasteiger partial charge in [0.1, 0.15) is 0 Å². The smallest absolute Gasteiger partial charge is 0.253 e. The molecule has 0 atom stereocenters. The van der Waals surface area contributed by atoms with Gasteiger partial charge in [0.05, 0.1) is 25.7 Å². The van der Waals surface area contributed by atoms with Crippen LogP contribution in [0.15, 0.2) is 24.3 Å². The Morgan fingerprint density at radius 2 is 1.95 bits per heavy atom. The molecule has 1 aliphatic heterocycles. The Balaban J connectivity index is 1.96. The molecule has 118 valence electrons. The molecule has 6 heteroatoms. The van der Waals surface area contributed by atoms with Gasteiger partial charge in [-0.2, -0.15) is 5.26 Å². The Morgan fingerprint density at radius 1 is 1.27 bits per heavy atom. The van der Waals surface area contributed by atoms with E-state index in [0.717, 1.165) is 32.8 Å². The van der Waals surface area contributed by atoms with Crippen molar-refractivity contribution in [2.75, 3.05) is 45.9 Å². The van der Waals surface area contributed by atoms with Crippen molar-refractivity contribution < 1.29 is 9.53 Å². The molecule has 2 rings (SSSR count). The molecule has 0 saturated carbocycles. The molecule has 0 radical (unpaired) electrons. The van der Waals surface area contributed by atoms with Crippen LogP contribution in [-0.4, -0.2) is 61.6 Å². The second-order valence-electron chi connectivity index (χ2n) is 5.16. The Morgan fingerprint density at radius 3 is 2.59 bits per heavy atom. The van der Waals surface area contributed by atoms with E-state index < -0.39 is 0 Å². The summed E-state index contributed by atoms with van der Waals surface area (Å²) in [6.45, 7) is 5.12. The van der Waals surface area contributed by atoms with E-state index in [0.29, 0.717) is 30.1 Å². The number of benzene rings is 1. The van der Waals surface area contributed by atoms with E-state index in [4.69, 9.17) is 21.6 Å². The second kappa shape index (κ2) is 8.74. The lowest BCUT2D eigenvalue weighted by molar-refractivity contribution is 0.0326. The van der Waals surface area contributed by atoms with Gasteiger partial charge in [0.25, 0.3) is 5.91 Å². The summed E-state index contributed by atoms with van der Waals surface area (Å²) in [5.41, 5.74) is 0.601. The Kier molecular flexibility index (Phi) is 6.66. The first-order chi connectivity index (χ1) is 10.7. The third-order valence-corrected chi connectivity index (χ3v) is 3.91. The van der Waals surface area contributed by atoms with Crippen molar-refractivity contribution in [1.82, 2.24) is 9.80 Å². The molecule has 1 fully saturated rings. The SMILES string of the molecule is N#CCCN(CCN1CCOCC1)C(=O)c1ccc(Cl)cc1. The van der Waals surface area contributed by atoms with Crippen LogP contribution in [0.3, 0.4) is 0 Å². The molecule has 1 aliphatic rings. The van der Waals surface area contributed by atoms with E-state index in [1.165, 1.54) is 0 Å². The van der Waals surface area contributed by atoms with Crippen molar-refractivity contribution in [2.24, 2.45) is 0 Å². The monoisotopic (exact) mass is 321 g/mol. The van der Waals surface area contributed by atoms with Gasteiger partial charge in [-0.05, 0) is 24.3 Å². The first kappa shape index (κ1) is 16.8. The number of halogens is 1. The van der Waals surface area contributed by atoms with Gasteiger partial charge in [-0.1, -0.05) is 11.6 Å². The van der Waals surface area contributed by atoms with Crippen molar-refractivity contribution in [1.29, 1.82) is 5.26 Å². The van der Waals surface area contributed by atoms with Crippen LogP contribution in [0.4, 0.5) is 0 Å². The number of rotatable bonds is 6. The highest BCUT2D eigenvalue weighted by Crippen LogP contribution is 2.12. The van der Waals surface area contributed by atoms with E-state index in [1.807, 2.05) is 0 Å². The van der Waals surface area contributed by atoms with E-state index in [-0.39, 0.29) is 5.91 Å².